The molecule has 3 amide bonds. The molecule has 1 aromatic carbocycles. The maximum absolute atomic E-state index is 12.6. The standard InChI is InChI=1S/C19H24N6O6/c20-13(6-11-8-22-9-23-11)17(28)24-14(7-16(21)27)18(29)25-15(19(30)31)5-10-1-3-12(26)4-2-10/h1-4,8-9,13-15,26H,5-7,20H2,(H2,21,27)(H,22,23)(H,24,28)(H,25,29)(H,30,31)/t13-,14-,15-/m0/s1. The number of aromatic hydroxyl groups is 1. The Balaban J connectivity index is 2.05. The smallest absolute Gasteiger partial charge is 0.326 e. The molecule has 31 heavy (non-hydrogen) atoms. The summed E-state index contributed by atoms with van der Waals surface area (Å²) in [6, 6.07) is 1.99. The minimum absolute atomic E-state index is 0.00960. The van der Waals surface area contributed by atoms with Crippen LogP contribution in [0.5, 0.6) is 5.75 Å². The van der Waals surface area contributed by atoms with Crippen molar-refractivity contribution in [1.29, 1.82) is 0 Å². The highest BCUT2D eigenvalue weighted by Gasteiger charge is 2.29. The number of imidazole rings is 1. The number of amides is 3. The van der Waals surface area contributed by atoms with Crippen LogP contribution in [-0.2, 0) is 32.0 Å². The van der Waals surface area contributed by atoms with Gasteiger partial charge < -0.3 is 37.3 Å². The molecule has 0 fully saturated rings. The van der Waals surface area contributed by atoms with Gasteiger partial charge in [0.05, 0.1) is 18.8 Å². The Morgan fingerprint density at radius 1 is 1.03 bits per heavy atom. The number of nitrogens with two attached hydrogens (primary N) is 2. The van der Waals surface area contributed by atoms with Gasteiger partial charge in [-0.3, -0.25) is 14.4 Å². The fourth-order valence-corrected chi connectivity index (χ4v) is 2.76. The number of rotatable bonds is 11. The highest BCUT2D eigenvalue weighted by molar-refractivity contribution is 5.94. The van der Waals surface area contributed by atoms with Gasteiger partial charge in [-0.1, -0.05) is 12.1 Å². The normalized spacial score (nSPS) is 13.6. The largest absolute Gasteiger partial charge is 0.508 e. The van der Waals surface area contributed by atoms with E-state index >= 15 is 0 Å². The second-order valence-electron chi connectivity index (χ2n) is 6.89. The Kier molecular flexibility index (Phi) is 8.09. The second-order valence-corrected chi connectivity index (χ2v) is 6.89. The Bertz CT molecular complexity index is 914. The van der Waals surface area contributed by atoms with Crippen LogP contribution in [-0.4, -0.2) is 62.0 Å². The molecule has 0 saturated heterocycles. The van der Waals surface area contributed by atoms with Crippen LogP contribution < -0.4 is 22.1 Å². The number of hydrogen-bond acceptors (Lipinski definition) is 7. The van der Waals surface area contributed by atoms with Gasteiger partial charge in [0.2, 0.25) is 17.7 Å². The van der Waals surface area contributed by atoms with E-state index in [2.05, 4.69) is 20.6 Å². The first-order valence-corrected chi connectivity index (χ1v) is 9.28. The number of aliphatic carboxylic acids is 1. The van der Waals surface area contributed by atoms with E-state index in [4.69, 9.17) is 11.5 Å². The highest BCUT2D eigenvalue weighted by Crippen LogP contribution is 2.11. The summed E-state index contributed by atoms with van der Waals surface area (Å²) in [6.45, 7) is 0. The van der Waals surface area contributed by atoms with E-state index in [0.717, 1.165) is 0 Å². The molecule has 0 spiro atoms. The van der Waals surface area contributed by atoms with Gasteiger partial charge in [0.15, 0.2) is 0 Å². The van der Waals surface area contributed by atoms with Gasteiger partial charge in [0, 0.05) is 24.7 Å². The van der Waals surface area contributed by atoms with Gasteiger partial charge >= 0.3 is 5.97 Å². The molecule has 3 atom stereocenters. The van der Waals surface area contributed by atoms with Crippen molar-refractivity contribution in [3.05, 3.63) is 48.0 Å². The summed E-state index contributed by atoms with van der Waals surface area (Å²) in [5.74, 6) is -3.79. The van der Waals surface area contributed by atoms with E-state index in [1.54, 1.807) is 0 Å². The van der Waals surface area contributed by atoms with E-state index in [0.29, 0.717) is 11.3 Å². The first-order valence-electron chi connectivity index (χ1n) is 9.28. The first kappa shape index (κ1) is 23.3. The molecule has 0 aliphatic heterocycles. The van der Waals surface area contributed by atoms with E-state index in [-0.39, 0.29) is 18.6 Å². The van der Waals surface area contributed by atoms with Crippen LogP contribution in [0.15, 0.2) is 36.8 Å². The number of nitrogens with zero attached hydrogens (tertiary/aromatic N) is 1. The number of primary amides is 1. The average molecular weight is 432 g/mol. The van der Waals surface area contributed by atoms with Crippen LogP contribution in [0.3, 0.4) is 0 Å². The molecule has 0 radical (unpaired) electrons. The van der Waals surface area contributed by atoms with E-state index in [1.165, 1.54) is 36.8 Å². The van der Waals surface area contributed by atoms with Crippen LogP contribution >= 0.6 is 0 Å². The van der Waals surface area contributed by atoms with Crippen LogP contribution in [0.4, 0.5) is 0 Å². The van der Waals surface area contributed by atoms with Gasteiger partial charge in [-0.15, -0.1) is 0 Å². The first-order chi connectivity index (χ1) is 14.7. The number of carboxylic acids is 1. The maximum Gasteiger partial charge on any atom is 0.326 e. The molecule has 1 aromatic heterocycles. The summed E-state index contributed by atoms with van der Waals surface area (Å²) in [4.78, 5) is 54.5. The van der Waals surface area contributed by atoms with Gasteiger partial charge in [-0.2, -0.15) is 0 Å². The van der Waals surface area contributed by atoms with Crippen molar-refractivity contribution in [3.63, 3.8) is 0 Å². The van der Waals surface area contributed by atoms with E-state index in [1.807, 2.05) is 0 Å². The highest BCUT2D eigenvalue weighted by atomic mass is 16.4. The third-order valence-electron chi connectivity index (χ3n) is 4.36. The molecule has 2 rings (SSSR count). The quantitative estimate of drug-likeness (QED) is 0.214. The van der Waals surface area contributed by atoms with Crippen molar-refractivity contribution in [2.45, 2.75) is 37.4 Å². The monoisotopic (exact) mass is 432 g/mol. The Labute approximate surface area is 177 Å². The number of phenols is 1. The summed E-state index contributed by atoms with van der Waals surface area (Å²) in [5.41, 5.74) is 12.1. The zero-order valence-corrected chi connectivity index (χ0v) is 16.4. The van der Waals surface area contributed by atoms with Crippen molar-refractivity contribution in [3.8, 4) is 5.75 Å². The minimum atomic E-state index is -1.40. The van der Waals surface area contributed by atoms with Crippen molar-refractivity contribution in [2.75, 3.05) is 0 Å². The molecular weight excluding hydrogens is 408 g/mol. The number of hydrogen-bond donors (Lipinski definition) is 7. The molecule has 0 bridgehead atoms. The molecule has 0 aliphatic rings. The van der Waals surface area contributed by atoms with Crippen LogP contribution in [0.25, 0.3) is 0 Å². The van der Waals surface area contributed by atoms with Crippen LogP contribution in [0.2, 0.25) is 0 Å². The van der Waals surface area contributed by atoms with Crippen LogP contribution in [0, 0.1) is 0 Å². The lowest BCUT2D eigenvalue weighted by Crippen LogP contribution is -2.56. The topological polar surface area (TPSA) is 214 Å². The van der Waals surface area contributed by atoms with Gasteiger partial charge in [-0.05, 0) is 17.7 Å². The minimum Gasteiger partial charge on any atom is -0.508 e. The Morgan fingerprint density at radius 2 is 1.68 bits per heavy atom. The summed E-state index contributed by atoms with van der Waals surface area (Å²) < 4.78 is 0. The number of nitrogens with one attached hydrogen (secondary N) is 3. The van der Waals surface area contributed by atoms with Crippen molar-refractivity contribution in [2.24, 2.45) is 11.5 Å². The lowest BCUT2D eigenvalue weighted by Gasteiger charge is -2.22. The molecule has 166 valence electrons. The zero-order valence-electron chi connectivity index (χ0n) is 16.4. The average Bonchev–Trinajstić information content (AvgIpc) is 3.21. The number of carbonyl (C=O) groups excluding carboxylic acids is 3. The SMILES string of the molecule is NC(=O)C[C@H](NC(=O)[C@@H](N)Cc1cnc[nH]1)C(=O)N[C@@H](Cc1ccc(O)cc1)C(=O)O. The predicted octanol–water partition coefficient (Wildman–Crippen LogP) is -1.84. The summed E-state index contributed by atoms with van der Waals surface area (Å²) >= 11 is 0. The van der Waals surface area contributed by atoms with Crippen LogP contribution in [0.1, 0.15) is 17.7 Å². The third-order valence-corrected chi connectivity index (χ3v) is 4.36. The van der Waals surface area contributed by atoms with Gasteiger partial charge in [0.1, 0.15) is 17.8 Å². The van der Waals surface area contributed by atoms with Crippen molar-refractivity contribution < 1.29 is 29.4 Å². The van der Waals surface area contributed by atoms with Gasteiger partial charge in [0.25, 0.3) is 0 Å². The molecule has 2 aromatic rings. The lowest BCUT2D eigenvalue weighted by molar-refractivity contribution is -0.142. The molecule has 0 saturated carbocycles. The molecule has 0 aliphatic carbocycles. The molecule has 12 heteroatoms. The number of aromatic nitrogens is 2. The Morgan fingerprint density at radius 3 is 2.23 bits per heavy atom. The number of carboxylic acid groups (broad SMARTS) is 1. The summed E-state index contributed by atoms with van der Waals surface area (Å²) in [7, 11) is 0. The fourth-order valence-electron chi connectivity index (χ4n) is 2.76. The fraction of sp³-hybridized carbons (Fsp3) is 0.316. The number of aromatic amines is 1. The molecule has 0 unspecified atom stereocenters. The molecule has 1 heterocycles. The maximum atomic E-state index is 12.6. The predicted molar refractivity (Wildman–Crippen MR) is 107 cm³/mol. The zero-order chi connectivity index (χ0) is 23.0. The van der Waals surface area contributed by atoms with E-state index < -0.39 is 48.2 Å². The molecular formula is C19H24N6O6. The molecule has 12 nitrogen and oxygen atoms in total. The van der Waals surface area contributed by atoms with Gasteiger partial charge in [-0.25, -0.2) is 9.78 Å². The number of phenolic OH excluding ortho intramolecular Hbond substituents is 1. The molecule has 9 N–H and O–H groups in total. The Hall–Kier alpha value is -3.93. The number of carbonyl (C=O) groups is 4. The second kappa shape index (κ2) is 10.7. The lowest BCUT2D eigenvalue weighted by atomic mass is 10.0. The third kappa shape index (κ3) is 7.44. The number of benzene rings is 1. The van der Waals surface area contributed by atoms with Crippen molar-refractivity contribution >= 4 is 23.7 Å². The van der Waals surface area contributed by atoms with Crippen molar-refractivity contribution in [1.82, 2.24) is 20.6 Å². The number of H-pyrrole nitrogens is 1. The summed E-state index contributed by atoms with van der Waals surface area (Å²) in [5, 5.41) is 23.4. The van der Waals surface area contributed by atoms with E-state index in [9.17, 15) is 29.4 Å². The summed E-state index contributed by atoms with van der Waals surface area (Å²) in [6.07, 6.45) is 2.39.